The zero-order valence-electron chi connectivity index (χ0n) is 16.7. The molecule has 5 nitrogen and oxygen atoms in total. The van der Waals surface area contributed by atoms with E-state index in [1.54, 1.807) is 27.7 Å². The average molecular weight is 433 g/mol. The van der Waals surface area contributed by atoms with E-state index in [9.17, 15) is 31.5 Å². The standard InChI is InChI=1S/C20H20F5NO4/c1-5-29-16(27)12-8-11-6-7-13(19(21,22)20(23,24)25)10-14(11)26-15(9-12)17(28)30-18(2,3)4/h6-8,10H,5,9H2,1-4H3. The number of esters is 2. The van der Waals surface area contributed by atoms with Gasteiger partial charge >= 0.3 is 24.0 Å². The number of alkyl halides is 5. The van der Waals surface area contributed by atoms with Gasteiger partial charge in [0.15, 0.2) is 0 Å². The van der Waals surface area contributed by atoms with Crippen LogP contribution in [-0.4, -0.2) is 36.0 Å². The van der Waals surface area contributed by atoms with Crippen molar-refractivity contribution in [3.63, 3.8) is 0 Å². The molecule has 1 aliphatic heterocycles. The van der Waals surface area contributed by atoms with E-state index in [4.69, 9.17) is 9.47 Å². The number of carbonyl (C=O) groups excluding carboxylic acids is 2. The summed E-state index contributed by atoms with van der Waals surface area (Å²) in [7, 11) is 0. The normalized spacial score (nSPS) is 14.8. The van der Waals surface area contributed by atoms with Gasteiger partial charge in [-0.3, -0.25) is 0 Å². The lowest BCUT2D eigenvalue weighted by Gasteiger charge is -2.21. The van der Waals surface area contributed by atoms with Crippen molar-refractivity contribution in [3.05, 3.63) is 34.9 Å². The van der Waals surface area contributed by atoms with E-state index in [0.29, 0.717) is 12.1 Å². The fourth-order valence-corrected chi connectivity index (χ4v) is 2.54. The van der Waals surface area contributed by atoms with Crippen LogP contribution in [0.5, 0.6) is 0 Å². The van der Waals surface area contributed by atoms with Crippen molar-refractivity contribution in [1.82, 2.24) is 0 Å². The Morgan fingerprint density at radius 1 is 1.07 bits per heavy atom. The molecule has 164 valence electrons. The summed E-state index contributed by atoms with van der Waals surface area (Å²) in [5, 5.41) is 0. The number of benzene rings is 1. The Morgan fingerprint density at radius 2 is 1.70 bits per heavy atom. The van der Waals surface area contributed by atoms with Crippen LogP contribution < -0.4 is 0 Å². The van der Waals surface area contributed by atoms with E-state index in [1.165, 1.54) is 6.08 Å². The molecule has 1 heterocycles. The van der Waals surface area contributed by atoms with Crippen LogP contribution in [0.1, 0.15) is 45.2 Å². The number of rotatable bonds is 4. The van der Waals surface area contributed by atoms with Crippen molar-refractivity contribution in [1.29, 1.82) is 0 Å². The SMILES string of the molecule is CCOC(=O)C1=Cc2ccc(C(F)(F)C(F)(F)F)cc2N=C(C(=O)OC(C)(C)C)C1. The second kappa shape index (κ2) is 8.16. The third kappa shape index (κ3) is 5.22. The number of nitrogens with zero attached hydrogens (tertiary/aromatic N) is 1. The number of ether oxygens (including phenoxy) is 2. The zero-order chi connectivity index (χ0) is 22.9. The molecule has 0 N–H and O–H groups in total. The summed E-state index contributed by atoms with van der Waals surface area (Å²) in [5.41, 5.74) is -2.84. The predicted molar refractivity (Wildman–Crippen MR) is 98.6 cm³/mol. The van der Waals surface area contributed by atoms with Crippen LogP contribution in [0.15, 0.2) is 28.8 Å². The van der Waals surface area contributed by atoms with Crippen molar-refractivity contribution in [2.24, 2.45) is 4.99 Å². The van der Waals surface area contributed by atoms with E-state index in [2.05, 4.69) is 4.99 Å². The molecule has 0 aromatic heterocycles. The topological polar surface area (TPSA) is 65.0 Å². The molecule has 1 aromatic carbocycles. The monoisotopic (exact) mass is 433 g/mol. The minimum atomic E-state index is -5.81. The molecule has 0 spiro atoms. The highest BCUT2D eigenvalue weighted by Gasteiger charge is 2.58. The van der Waals surface area contributed by atoms with E-state index in [-0.39, 0.29) is 35.6 Å². The zero-order valence-corrected chi connectivity index (χ0v) is 16.7. The van der Waals surface area contributed by atoms with Gasteiger partial charge in [-0.2, -0.15) is 22.0 Å². The summed E-state index contributed by atoms with van der Waals surface area (Å²) < 4.78 is 75.9. The lowest BCUT2D eigenvalue weighted by molar-refractivity contribution is -0.289. The van der Waals surface area contributed by atoms with Crippen molar-refractivity contribution in [2.45, 2.75) is 51.8 Å². The molecule has 0 atom stereocenters. The third-order valence-electron chi connectivity index (χ3n) is 3.86. The van der Waals surface area contributed by atoms with E-state index >= 15 is 0 Å². The molecule has 0 amide bonds. The van der Waals surface area contributed by atoms with Gasteiger partial charge in [0.05, 0.1) is 12.3 Å². The molecule has 0 fully saturated rings. The fraction of sp³-hybridized carbons (Fsp3) is 0.450. The first-order valence-electron chi connectivity index (χ1n) is 8.93. The highest BCUT2D eigenvalue weighted by Crippen LogP contribution is 2.45. The average Bonchev–Trinajstić information content (AvgIpc) is 2.78. The van der Waals surface area contributed by atoms with Crippen LogP contribution in [-0.2, 0) is 25.0 Å². The van der Waals surface area contributed by atoms with Crippen LogP contribution in [0, 0.1) is 0 Å². The van der Waals surface area contributed by atoms with Crippen LogP contribution in [0.3, 0.4) is 0 Å². The molecule has 0 aliphatic carbocycles. The largest absolute Gasteiger partial charge is 0.463 e. The summed E-state index contributed by atoms with van der Waals surface area (Å²) in [5.74, 6) is -6.83. The number of halogens is 5. The highest BCUT2D eigenvalue weighted by molar-refractivity contribution is 6.38. The summed E-state index contributed by atoms with van der Waals surface area (Å²) in [6, 6.07) is 2.11. The summed E-state index contributed by atoms with van der Waals surface area (Å²) >= 11 is 0. The first kappa shape index (κ1) is 23.5. The second-order valence-electron chi connectivity index (χ2n) is 7.47. The van der Waals surface area contributed by atoms with Crippen molar-refractivity contribution in [3.8, 4) is 0 Å². The summed E-state index contributed by atoms with van der Waals surface area (Å²) in [6.07, 6.45) is -4.91. The van der Waals surface area contributed by atoms with Crippen molar-refractivity contribution >= 4 is 29.4 Å². The Hall–Kier alpha value is -2.78. The Labute approximate surface area is 169 Å². The molecule has 1 aromatic rings. The molecule has 0 bridgehead atoms. The van der Waals surface area contributed by atoms with Gasteiger partial charge in [-0.25, -0.2) is 14.6 Å². The second-order valence-corrected chi connectivity index (χ2v) is 7.47. The maximum Gasteiger partial charge on any atom is 0.458 e. The van der Waals surface area contributed by atoms with Gasteiger partial charge in [-0.1, -0.05) is 12.1 Å². The molecule has 2 rings (SSSR count). The maximum atomic E-state index is 13.8. The molecule has 1 aliphatic rings. The Bertz CT molecular complexity index is 911. The molecule has 0 saturated heterocycles. The quantitative estimate of drug-likeness (QED) is 0.489. The molecular formula is C20H20F5NO4. The molecule has 0 radical (unpaired) electrons. The van der Waals surface area contributed by atoms with Crippen LogP contribution in [0.25, 0.3) is 6.08 Å². The van der Waals surface area contributed by atoms with Crippen molar-refractivity contribution in [2.75, 3.05) is 6.61 Å². The Morgan fingerprint density at radius 3 is 2.23 bits per heavy atom. The number of hydrogen-bond acceptors (Lipinski definition) is 5. The van der Waals surface area contributed by atoms with Crippen LogP contribution in [0.2, 0.25) is 0 Å². The maximum absolute atomic E-state index is 13.8. The Kier molecular flexibility index (Phi) is 6.39. The minimum Gasteiger partial charge on any atom is -0.463 e. The molecule has 10 heteroatoms. The fourth-order valence-electron chi connectivity index (χ4n) is 2.54. The predicted octanol–water partition coefficient (Wildman–Crippen LogP) is 5.11. The molecule has 0 saturated carbocycles. The summed E-state index contributed by atoms with van der Waals surface area (Å²) in [4.78, 5) is 28.6. The number of hydrogen-bond donors (Lipinski definition) is 0. The minimum absolute atomic E-state index is 0.0180. The van der Waals surface area contributed by atoms with Gasteiger partial charge in [0.25, 0.3) is 0 Å². The molecular weight excluding hydrogens is 413 g/mol. The first-order chi connectivity index (χ1) is 13.7. The number of aliphatic imine (C=N–C) groups is 1. The van der Waals surface area contributed by atoms with Gasteiger partial charge in [0.2, 0.25) is 0 Å². The van der Waals surface area contributed by atoms with Gasteiger partial charge in [-0.05, 0) is 39.8 Å². The molecule has 30 heavy (non-hydrogen) atoms. The van der Waals surface area contributed by atoms with Gasteiger partial charge in [0.1, 0.15) is 11.3 Å². The van der Waals surface area contributed by atoms with Gasteiger partial charge < -0.3 is 9.47 Å². The van der Waals surface area contributed by atoms with Crippen molar-refractivity contribution < 1.29 is 41.0 Å². The summed E-state index contributed by atoms with van der Waals surface area (Å²) in [6.45, 7) is 6.36. The van der Waals surface area contributed by atoms with Gasteiger partial charge in [-0.15, -0.1) is 0 Å². The van der Waals surface area contributed by atoms with E-state index in [0.717, 1.165) is 6.07 Å². The number of carbonyl (C=O) groups is 2. The first-order valence-corrected chi connectivity index (χ1v) is 8.93. The smallest absolute Gasteiger partial charge is 0.458 e. The van der Waals surface area contributed by atoms with E-state index in [1.807, 2.05) is 0 Å². The Balaban J connectivity index is 2.62. The van der Waals surface area contributed by atoms with Gasteiger partial charge in [0, 0.05) is 23.1 Å². The number of fused-ring (bicyclic) bond motifs is 1. The van der Waals surface area contributed by atoms with E-state index < -0.39 is 35.2 Å². The highest BCUT2D eigenvalue weighted by atomic mass is 19.4. The van der Waals surface area contributed by atoms with Crippen LogP contribution in [0.4, 0.5) is 27.6 Å². The lowest BCUT2D eigenvalue weighted by atomic mass is 10.0. The third-order valence-corrected chi connectivity index (χ3v) is 3.86. The molecule has 0 unspecified atom stereocenters. The van der Waals surface area contributed by atoms with Crippen LogP contribution >= 0.6 is 0 Å². The lowest BCUT2D eigenvalue weighted by Crippen LogP contribution is -2.33.